The SMILES string of the molecule is CCCN(CC[CH2][In]([CH2]CCN(C(C)C)C(C)C)[CH](C)C)C(C)C. The van der Waals surface area contributed by atoms with Crippen LogP contribution in [0.1, 0.15) is 81.6 Å². The molecule has 0 aliphatic heterocycles. The molecule has 0 heterocycles. The maximum atomic E-state index is 2.68. The zero-order chi connectivity index (χ0) is 18.7. The Morgan fingerprint density at radius 1 is 0.667 bits per heavy atom. The van der Waals surface area contributed by atoms with Crippen molar-refractivity contribution < 1.29 is 0 Å². The fourth-order valence-corrected chi connectivity index (χ4v) is 12.6. The average Bonchev–Trinajstić information content (AvgIpc) is 2.47. The third-order valence-electron chi connectivity index (χ3n) is 5.52. The van der Waals surface area contributed by atoms with E-state index in [1.807, 2.05) is 0 Å². The second kappa shape index (κ2) is 13.9. The molecule has 0 radical (unpaired) electrons. The number of hydrogen-bond donors (Lipinski definition) is 0. The van der Waals surface area contributed by atoms with E-state index in [9.17, 15) is 0 Å². The Labute approximate surface area is 162 Å². The van der Waals surface area contributed by atoms with E-state index in [-0.39, 0.29) is 0 Å². The molecule has 144 valence electrons. The molecule has 0 amide bonds. The molecule has 0 atom stereocenters. The summed E-state index contributed by atoms with van der Waals surface area (Å²) in [6.45, 7) is 25.3. The van der Waals surface area contributed by atoms with Crippen LogP contribution in [0, 0.1) is 0 Å². The predicted molar refractivity (Wildman–Crippen MR) is 114 cm³/mol. The first-order valence-electron chi connectivity index (χ1n) is 10.7. The summed E-state index contributed by atoms with van der Waals surface area (Å²) in [6, 6.07) is 2.08. The van der Waals surface area contributed by atoms with Crippen LogP contribution in [0.5, 0.6) is 0 Å². The van der Waals surface area contributed by atoms with Crippen molar-refractivity contribution in [3.8, 4) is 0 Å². The molecule has 0 aromatic rings. The zero-order valence-corrected chi connectivity index (χ0v) is 21.7. The molecular weight excluding hydrogens is 395 g/mol. The van der Waals surface area contributed by atoms with Gasteiger partial charge in [0.25, 0.3) is 0 Å². The van der Waals surface area contributed by atoms with Gasteiger partial charge in [-0.15, -0.1) is 0 Å². The molecule has 0 saturated heterocycles. The molecule has 0 saturated carbocycles. The van der Waals surface area contributed by atoms with Gasteiger partial charge in [-0.25, -0.2) is 0 Å². The molecule has 0 aliphatic carbocycles. The van der Waals surface area contributed by atoms with Crippen molar-refractivity contribution in [3.05, 3.63) is 0 Å². The van der Waals surface area contributed by atoms with E-state index in [0.29, 0.717) is 18.1 Å². The standard InChI is InChI=1S/2C9H20N.C3H7.In/c1-6-7-10(8(2)3)9(4)5;1-5-7-10(8-6-2)9(3)4;1-3-2;/h8-9H,1,6-7H2,2-5H3;9H,1,5-8H2,2-4H3;3H,1-2H3;. The molecule has 0 aromatic heterocycles. The predicted octanol–water partition coefficient (Wildman–Crippen LogP) is 5.91. The first-order valence-corrected chi connectivity index (χ1v) is 17.3. The first kappa shape index (κ1) is 24.8. The van der Waals surface area contributed by atoms with E-state index >= 15 is 0 Å². The van der Waals surface area contributed by atoms with Gasteiger partial charge >= 0.3 is 163 Å². The molecule has 0 aliphatic rings. The van der Waals surface area contributed by atoms with Gasteiger partial charge in [-0.1, -0.05) is 0 Å². The Hall–Kier alpha value is 0.790. The summed E-state index contributed by atoms with van der Waals surface area (Å²) in [5.74, 6) is 0. The second-order valence-electron chi connectivity index (χ2n) is 8.84. The summed E-state index contributed by atoms with van der Waals surface area (Å²) < 4.78 is 4.23. The van der Waals surface area contributed by atoms with Crippen LogP contribution in [-0.2, 0) is 0 Å². The van der Waals surface area contributed by atoms with Gasteiger partial charge in [-0.2, -0.15) is 0 Å². The van der Waals surface area contributed by atoms with Crippen molar-refractivity contribution >= 4 is 21.4 Å². The zero-order valence-electron chi connectivity index (χ0n) is 18.4. The molecule has 0 spiro atoms. The van der Waals surface area contributed by atoms with E-state index < -0.39 is 21.4 Å². The van der Waals surface area contributed by atoms with E-state index in [2.05, 4.69) is 72.1 Å². The molecule has 2 nitrogen and oxygen atoms in total. The van der Waals surface area contributed by atoms with Crippen LogP contribution in [0.15, 0.2) is 0 Å². The van der Waals surface area contributed by atoms with Crippen molar-refractivity contribution in [2.75, 3.05) is 19.6 Å². The normalized spacial score (nSPS) is 12.6. The number of rotatable bonds is 14. The van der Waals surface area contributed by atoms with Crippen LogP contribution in [0.2, 0.25) is 12.0 Å². The molecule has 0 unspecified atom stereocenters. The van der Waals surface area contributed by atoms with Crippen LogP contribution < -0.4 is 0 Å². The first-order chi connectivity index (χ1) is 11.2. The van der Waals surface area contributed by atoms with Gasteiger partial charge in [0, 0.05) is 0 Å². The summed E-state index contributed by atoms with van der Waals surface area (Å²) in [5.41, 5.74) is 0. The van der Waals surface area contributed by atoms with E-state index in [0.717, 1.165) is 3.67 Å². The summed E-state index contributed by atoms with van der Waals surface area (Å²) in [4.78, 5) is 5.35. The molecule has 3 heteroatoms. The van der Waals surface area contributed by atoms with Gasteiger partial charge < -0.3 is 0 Å². The number of hydrogen-bond acceptors (Lipinski definition) is 2. The molecular formula is C21H47InN2. The van der Waals surface area contributed by atoms with Crippen LogP contribution in [0.25, 0.3) is 0 Å². The quantitative estimate of drug-likeness (QED) is 0.330. The molecule has 0 fully saturated rings. The van der Waals surface area contributed by atoms with Gasteiger partial charge in [-0.3, -0.25) is 0 Å². The Kier molecular flexibility index (Phi) is 14.4. The van der Waals surface area contributed by atoms with Gasteiger partial charge in [-0.05, 0) is 0 Å². The summed E-state index contributed by atoms with van der Waals surface area (Å²) in [7, 11) is 0. The minimum absolute atomic E-state index is 0.686. The molecule has 24 heavy (non-hydrogen) atoms. The van der Waals surface area contributed by atoms with Crippen LogP contribution in [0.4, 0.5) is 0 Å². The van der Waals surface area contributed by atoms with Crippen molar-refractivity contribution in [2.24, 2.45) is 0 Å². The summed E-state index contributed by atoms with van der Waals surface area (Å²) >= 11 is -1.35. The third-order valence-corrected chi connectivity index (χ3v) is 17.5. The van der Waals surface area contributed by atoms with Crippen molar-refractivity contribution in [3.63, 3.8) is 0 Å². The second-order valence-corrected chi connectivity index (χ2v) is 20.3. The van der Waals surface area contributed by atoms with Crippen LogP contribution >= 0.6 is 0 Å². The van der Waals surface area contributed by atoms with Gasteiger partial charge in [0.1, 0.15) is 0 Å². The third kappa shape index (κ3) is 10.7. The maximum absolute atomic E-state index is 2.68. The van der Waals surface area contributed by atoms with Crippen molar-refractivity contribution in [1.82, 2.24) is 9.80 Å². The average molecular weight is 442 g/mol. The van der Waals surface area contributed by atoms with Crippen molar-refractivity contribution in [2.45, 2.75) is 112 Å². The fourth-order valence-electron chi connectivity index (χ4n) is 3.93. The Morgan fingerprint density at radius 3 is 1.54 bits per heavy atom. The fraction of sp³-hybridized carbons (Fsp3) is 1.00. The van der Waals surface area contributed by atoms with Gasteiger partial charge in [0.05, 0.1) is 0 Å². The van der Waals surface area contributed by atoms with Gasteiger partial charge in [0.15, 0.2) is 0 Å². The van der Waals surface area contributed by atoms with Gasteiger partial charge in [0.2, 0.25) is 0 Å². The van der Waals surface area contributed by atoms with E-state index in [1.54, 1.807) is 8.35 Å². The van der Waals surface area contributed by atoms with Crippen molar-refractivity contribution in [1.29, 1.82) is 0 Å². The summed E-state index contributed by atoms with van der Waals surface area (Å²) in [6.07, 6.45) is 4.18. The monoisotopic (exact) mass is 442 g/mol. The van der Waals surface area contributed by atoms with Crippen LogP contribution in [-0.4, -0.2) is 69.0 Å². The Morgan fingerprint density at radius 2 is 1.17 bits per heavy atom. The summed E-state index contributed by atoms with van der Waals surface area (Å²) in [5, 5.41) is 0. The number of nitrogens with zero attached hydrogens (tertiary/aromatic N) is 2. The Balaban J connectivity index is 4.26. The minimum atomic E-state index is -1.35. The molecule has 0 rings (SSSR count). The van der Waals surface area contributed by atoms with E-state index in [4.69, 9.17) is 0 Å². The topological polar surface area (TPSA) is 6.48 Å². The molecule has 0 N–H and O–H groups in total. The molecule has 0 bridgehead atoms. The van der Waals surface area contributed by atoms with E-state index in [1.165, 1.54) is 38.9 Å². The molecule has 0 aromatic carbocycles. The van der Waals surface area contributed by atoms with Crippen LogP contribution in [0.3, 0.4) is 0 Å². The Bertz CT molecular complexity index is 282.